The fourth-order valence-corrected chi connectivity index (χ4v) is 3.91. The Kier molecular flexibility index (Phi) is 4.82. The molecule has 0 spiro atoms. The smallest absolute Gasteiger partial charge is 0.244 e. The summed E-state index contributed by atoms with van der Waals surface area (Å²) in [6.07, 6.45) is 2.51. The van der Waals surface area contributed by atoms with Gasteiger partial charge in [0.25, 0.3) is 0 Å². The molecule has 0 unspecified atom stereocenters. The average molecular weight is 350 g/mol. The molecule has 2 aromatic rings. The van der Waals surface area contributed by atoms with Gasteiger partial charge in [0.1, 0.15) is 9.90 Å². The normalized spacial score (nSPS) is 11.8. The van der Waals surface area contributed by atoms with E-state index < -0.39 is 20.7 Å². The molecule has 21 heavy (non-hydrogen) atoms. The van der Waals surface area contributed by atoms with E-state index in [4.69, 9.17) is 17.3 Å². The number of benzene rings is 1. The van der Waals surface area contributed by atoms with Crippen LogP contribution in [0.2, 0.25) is 5.02 Å². The third-order valence-electron chi connectivity index (χ3n) is 2.68. The molecule has 9 heteroatoms. The predicted octanol–water partition coefficient (Wildman–Crippen LogP) is 2.56. The standard InChI is InChI=1S/C12H13ClFN3O2S2/c1-2-8-5-16-11(20-8)6-17-21(18,19)10-4-7(13)3-9(15)12(10)14/h3-5,17H,2,6,15H2,1H3. The number of nitrogens with two attached hydrogens (primary N) is 1. The van der Waals surface area contributed by atoms with Crippen LogP contribution in [0.3, 0.4) is 0 Å². The van der Waals surface area contributed by atoms with Crippen LogP contribution in [0.5, 0.6) is 0 Å². The highest BCUT2D eigenvalue weighted by Crippen LogP contribution is 2.25. The van der Waals surface area contributed by atoms with Crippen molar-refractivity contribution >= 4 is 38.6 Å². The van der Waals surface area contributed by atoms with Crippen LogP contribution in [0.4, 0.5) is 10.1 Å². The topological polar surface area (TPSA) is 85.1 Å². The molecule has 0 amide bonds. The number of anilines is 1. The van der Waals surface area contributed by atoms with Crippen LogP contribution in [-0.4, -0.2) is 13.4 Å². The van der Waals surface area contributed by atoms with E-state index in [1.165, 1.54) is 11.3 Å². The summed E-state index contributed by atoms with van der Waals surface area (Å²) < 4.78 is 40.4. The van der Waals surface area contributed by atoms with E-state index in [1.54, 1.807) is 6.20 Å². The molecule has 1 aromatic carbocycles. The van der Waals surface area contributed by atoms with Crippen molar-refractivity contribution in [2.45, 2.75) is 24.8 Å². The summed E-state index contributed by atoms with van der Waals surface area (Å²) >= 11 is 7.11. The van der Waals surface area contributed by atoms with Gasteiger partial charge in [0, 0.05) is 16.1 Å². The number of sulfonamides is 1. The van der Waals surface area contributed by atoms with Gasteiger partial charge in [0.15, 0.2) is 5.82 Å². The number of halogens is 2. The third kappa shape index (κ3) is 3.70. The maximum atomic E-state index is 13.8. The fraction of sp³-hybridized carbons (Fsp3) is 0.250. The summed E-state index contributed by atoms with van der Waals surface area (Å²) in [7, 11) is -4.05. The first-order valence-corrected chi connectivity index (χ1v) is 8.69. The van der Waals surface area contributed by atoms with E-state index in [1.807, 2.05) is 6.92 Å². The van der Waals surface area contributed by atoms with Crippen molar-refractivity contribution in [1.29, 1.82) is 0 Å². The molecule has 0 saturated carbocycles. The summed E-state index contributed by atoms with van der Waals surface area (Å²) in [5.41, 5.74) is 5.07. The maximum Gasteiger partial charge on any atom is 0.244 e. The molecule has 0 bridgehead atoms. The molecule has 0 radical (unpaired) electrons. The van der Waals surface area contributed by atoms with E-state index in [0.29, 0.717) is 5.01 Å². The second kappa shape index (κ2) is 6.27. The molecular weight excluding hydrogens is 337 g/mol. The van der Waals surface area contributed by atoms with Crippen molar-refractivity contribution in [2.24, 2.45) is 0 Å². The van der Waals surface area contributed by atoms with Crippen molar-refractivity contribution in [1.82, 2.24) is 9.71 Å². The van der Waals surface area contributed by atoms with E-state index in [0.717, 1.165) is 23.4 Å². The molecule has 0 saturated heterocycles. The lowest BCUT2D eigenvalue weighted by Crippen LogP contribution is -2.24. The first-order chi connectivity index (χ1) is 9.83. The van der Waals surface area contributed by atoms with Gasteiger partial charge >= 0.3 is 0 Å². The minimum atomic E-state index is -4.05. The zero-order valence-corrected chi connectivity index (χ0v) is 13.4. The van der Waals surface area contributed by atoms with E-state index in [9.17, 15) is 12.8 Å². The van der Waals surface area contributed by atoms with Gasteiger partial charge in [0.2, 0.25) is 10.0 Å². The lowest BCUT2D eigenvalue weighted by Gasteiger charge is -2.08. The number of aromatic nitrogens is 1. The summed E-state index contributed by atoms with van der Waals surface area (Å²) in [6.45, 7) is 1.96. The molecule has 1 heterocycles. The van der Waals surface area contributed by atoms with Crippen LogP contribution in [0.1, 0.15) is 16.8 Å². The summed E-state index contributed by atoms with van der Waals surface area (Å²) in [5, 5.41) is 0.655. The van der Waals surface area contributed by atoms with Gasteiger partial charge in [-0.25, -0.2) is 22.5 Å². The number of nitrogen functional groups attached to an aromatic ring is 1. The highest BCUT2D eigenvalue weighted by atomic mass is 35.5. The number of nitrogens with zero attached hydrogens (tertiary/aromatic N) is 1. The Hall–Kier alpha value is -1.22. The van der Waals surface area contributed by atoms with Gasteiger partial charge in [-0.1, -0.05) is 18.5 Å². The average Bonchev–Trinajstić information content (AvgIpc) is 2.88. The van der Waals surface area contributed by atoms with Gasteiger partial charge in [-0.2, -0.15) is 0 Å². The molecule has 5 nitrogen and oxygen atoms in total. The van der Waals surface area contributed by atoms with E-state index in [-0.39, 0.29) is 17.3 Å². The van der Waals surface area contributed by atoms with Crippen LogP contribution in [-0.2, 0) is 23.0 Å². The Bertz CT molecular complexity index is 762. The first kappa shape index (κ1) is 16.2. The summed E-state index contributed by atoms with van der Waals surface area (Å²) in [5.74, 6) is -1.01. The molecule has 0 fully saturated rings. The lowest BCUT2D eigenvalue weighted by atomic mass is 10.3. The maximum absolute atomic E-state index is 13.8. The highest BCUT2D eigenvalue weighted by Gasteiger charge is 2.22. The van der Waals surface area contributed by atoms with Crippen molar-refractivity contribution < 1.29 is 12.8 Å². The van der Waals surface area contributed by atoms with Crippen LogP contribution in [0.25, 0.3) is 0 Å². The second-order valence-corrected chi connectivity index (χ2v) is 7.58. The zero-order valence-electron chi connectivity index (χ0n) is 11.1. The molecule has 0 aliphatic rings. The minimum Gasteiger partial charge on any atom is -0.396 e. The number of thiazole rings is 1. The van der Waals surface area contributed by atoms with Gasteiger partial charge < -0.3 is 5.73 Å². The van der Waals surface area contributed by atoms with Crippen LogP contribution >= 0.6 is 22.9 Å². The zero-order chi connectivity index (χ0) is 15.6. The van der Waals surface area contributed by atoms with Gasteiger partial charge in [-0.15, -0.1) is 11.3 Å². The largest absolute Gasteiger partial charge is 0.396 e. The molecule has 114 valence electrons. The molecule has 0 aliphatic heterocycles. The minimum absolute atomic E-state index is 0.0150. The Morgan fingerprint density at radius 1 is 1.48 bits per heavy atom. The Labute approximate surface area is 131 Å². The van der Waals surface area contributed by atoms with Gasteiger partial charge in [-0.3, -0.25) is 0 Å². The number of nitrogens with one attached hydrogen (secondary N) is 1. The third-order valence-corrected chi connectivity index (χ3v) is 5.45. The number of hydrogen-bond acceptors (Lipinski definition) is 5. The molecule has 1 aromatic heterocycles. The molecule has 2 rings (SSSR count). The quantitative estimate of drug-likeness (QED) is 0.812. The fourth-order valence-electron chi connectivity index (χ4n) is 1.61. The van der Waals surface area contributed by atoms with Crippen LogP contribution in [0, 0.1) is 5.82 Å². The molecule has 3 N–H and O–H groups in total. The monoisotopic (exact) mass is 349 g/mol. The molecule has 0 aliphatic carbocycles. The second-order valence-electron chi connectivity index (χ2n) is 4.21. The van der Waals surface area contributed by atoms with Crippen molar-refractivity contribution in [2.75, 3.05) is 5.73 Å². The Balaban J connectivity index is 2.22. The van der Waals surface area contributed by atoms with Gasteiger partial charge in [0.05, 0.1) is 12.2 Å². The lowest BCUT2D eigenvalue weighted by molar-refractivity contribution is 0.558. The van der Waals surface area contributed by atoms with Crippen LogP contribution in [0.15, 0.2) is 23.2 Å². The van der Waals surface area contributed by atoms with Crippen molar-refractivity contribution in [3.8, 4) is 0 Å². The number of aryl methyl sites for hydroxylation is 1. The van der Waals surface area contributed by atoms with Crippen molar-refractivity contribution in [3.05, 3.63) is 39.1 Å². The molecular formula is C12H13ClFN3O2S2. The number of rotatable bonds is 5. The highest BCUT2D eigenvalue weighted by molar-refractivity contribution is 7.89. The summed E-state index contributed by atoms with van der Waals surface area (Å²) in [4.78, 5) is 4.56. The Morgan fingerprint density at radius 3 is 2.81 bits per heavy atom. The SMILES string of the molecule is CCc1cnc(CNS(=O)(=O)c2cc(Cl)cc(N)c2F)s1. The molecule has 0 atom stereocenters. The van der Waals surface area contributed by atoms with Gasteiger partial charge in [-0.05, 0) is 18.6 Å². The first-order valence-electron chi connectivity index (χ1n) is 6.01. The summed E-state index contributed by atoms with van der Waals surface area (Å²) in [6, 6.07) is 2.18. The van der Waals surface area contributed by atoms with Crippen molar-refractivity contribution in [3.63, 3.8) is 0 Å². The van der Waals surface area contributed by atoms with Crippen LogP contribution < -0.4 is 10.5 Å². The predicted molar refractivity (Wildman–Crippen MR) is 81.3 cm³/mol. The Morgan fingerprint density at radius 2 is 2.19 bits per heavy atom. The van der Waals surface area contributed by atoms with E-state index >= 15 is 0 Å². The number of hydrogen-bond donors (Lipinski definition) is 2. The van der Waals surface area contributed by atoms with E-state index in [2.05, 4.69) is 9.71 Å².